The first-order chi connectivity index (χ1) is 13.7. The van der Waals surface area contributed by atoms with Gasteiger partial charge in [-0.3, -0.25) is 4.79 Å². The summed E-state index contributed by atoms with van der Waals surface area (Å²) in [7, 11) is 0. The average Bonchev–Trinajstić information content (AvgIpc) is 3.57. The van der Waals surface area contributed by atoms with Gasteiger partial charge >= 0.3 is 11.9 Å². The number of fused-ring (bicyclic) bond motifs is 1. The van der Waals surface area contributed by atoms with E-state index in [1.165, 1.54) is 0 Å². The zero-order chi connectivity index (χ0) is 19.5. The first-order valence-corrected chi connectivity index (χ1v) is 9.49. The molecule has 0 aliphatic heterocycles. The lowest BCUT2D eigenvalue weighted by molar-refractivity contribution is -0.146. The minimum Gasteiger partial charge on any atom is -0.462 e. The lowest BCUT2D eigenvalue weighted by Crippen LogP contribution is -2.15. The van der Waals surface area contributed by atoms with Crippen LogP contribution in [-0.4, -0.2) is 23.5 Å². The number of hydrogen-bond acceptors (Lipinski definition) is 5. The van der Waals surface area contributed by atoms with Crippen molar-refractivity contribution in [1.29, 1.82) is 0 Å². The van der Waals surface area contributed by atoms with Crippen LogP contribution in [0, 0.1) is 5.92 Å². The van der Waals surface area contributed by atoms with Gasteiger partial charge in [0.1, 0.15) is 6.61 Å². The van der Waals surface area contributed by atoms with Crippen LogP contribution in [0.15, 0.2) is 54.6 Å². The number of nitrogens with zero attached hydrogens (tertiary/aromatic N) is 1. The lowest BCUT2D eigenvalue weighted by atomic mass is 9.94. The van der Waals surface area contributed by atoms with Gasteiger partial charge in [0.2, 0.25) is 0 Å². The third kappa shape index (κ3) is 3.60. The number of aromatic nitrogens is 1. The predicted octanol–water partition coefficient (Wildman–Crippen LogP) is 4.53. The largest absolute Gasteiger partial charge is 0.462 e. The van der Waals surface area contributed by atoms with Crippen molar-refractivity contribution in [2.45, 2.75) is 26.4 Å². The van der Waals surface area contributed by atoms with Crippen LogP contribution in [0.4, 0.5) is 0 Å². The summed E-state index contributed by atoms with van der Waals surface area (Å²) in [4.78, 5) is 29.6. The predicted molar refractivity (Wildman–Crippen MR) is 106 cm³/mol. The molecule has 0 spiro atoms. The van der Waals surface area contributed by atoms with E-state index in [-0.39, 0.29) is 25.1 Å². The van der Waals surface area contributed by atoms with E-state index in [0.717, 1.165) is 34.9 Å². The Hall–Kier alpha value is -3.21. The van der Waals surface area contributed by atoms with Crippen molar-refractivity contribution < 1.29 is 19.1 Å². The van der Waals surface area contributed by atoms with Crippen molar-refractivity contribution in [3.63, 3.8) is 0 Å². The SMILES string of the molecule is CCOC(=O)c1c(COC(=O)C2CC2)nc2ccccc2c1-c1ccccc1. The second-order valence-corrected chi connectivity index (χ2v) is 6.79. The highest BCUT2D eigenvalue weighted by atomic mass is 16.5. The number of carbonyl (C=O) groups is 2. The van der Waals surface area contributed by atoms with Crippen LogP contribution in [0.5, 0.6) is 0 Å². The lowest BCUT2D eigenvalue weighted by Gasteiger charge is -2.16. The number of pyridine rings is 1. The molecule has 0 bridgehead atoms. The first-order valence-electron chi connectivity index (χ1n) is 9.49. The van der Waals surface area contributed by atoms with E-state index < -0.39 is 5.97 Å². The summed E-state index contributed by atoms with van der Waals surface area (Å²) >= 11 is 0. The van der Waals surface area contributed by atoms with Crippen molar-refractivity contribution in [2.75, 3.05) is 6.61 Å². The van der Waals surface area contributed by atoms with Crippen LogP contribution in [0.3, 0.4) is 0 Å². The van der Waals surface area contributed by atoms with Gasteiger partial charge in [-0.2, -0.15) is 0 Å². The molecule has 142 valence electrons. The molecule has 5 heteroatoms. The van der Waals surface area contributed by atoms with E-state index in [2.05, 4.69) is 4.98 Å². The maximum Gasteiger partial charge on any atom is 0.340 e. The fraction of sp³-hybridized carbons (Fsp3) is 0.261. The fourth-order valence-corrected chi connectivity index (χ4v) is 3.27. The second-order valence-electron chi connectivity index (χ2n) is 6.79. The van der Waals surface area contributed by atoms with Gasteiger partial charge in [-0.05, 0) is 31.4 Å². The van der Waals surface area contributed by atoms with Crippen molar-refractivity contribution >= 4 is 22.8 Å². The second kappa shape index (κ2) is 7.80. The molecule has 0 unspecified atom stereocenters. The van der Waals surface area contributed by atoms with Gasteiger partial charge in [0.15, 0.2) is 0 Å². The Morgan fingerprint density at radius 3 is 2.43 bits per heavy atom. The highest BCUT2D eigenvalue weighted by Crippen LogP contribution is 2.35. The van der Waals surface area contributed by atoms with Crippen molar-refractivity contribution in [1.82, 2.24) is 4.98 Å². The Morgan fingerprint density at radius 1 is 1.00 bits per heavy atom. The number of para-hydroxylation sites is 1. The molecule has 2 aromatic carbocycles. The van der Waals surface area contributed by atoms with Crippen molar-refractivity contribution in [3.8, 4) is 11.1 Å². The highest BCUT2D eigenvalue weighted by Gasteiger charge is 2.32. The number of rotatable bonds is 6. The maximum atomic E-state index is 12.9. The minimum absolute atomic E-state index is 0.0138. The fourth-order valence-electron chi connectivity index (χ4n) is 3.27. The molecule has 0 saturated heterocycles. The van der Waals surface area contributed by atoms with Crippen LogP contribution in [0.1, 0.15) is 35.8 Å². The molecule has 1 aromatic heterocycles. The molecule has 0 atom stereocenters. The van der Waals surface area contributed by atoms with Gasteiger partial charge in [0, 0.05) is 10.9 Å². The van der Waals surface area contributed by atoms with Crippen LogP contribution < -0.4 is 0 Å². The molecule has 1 fully saturated rings. The van der Waals surface area contributed by atoms with Gasteiger partial charge < -0.3 is 9.47 Å². The van der Waals surface area contributed by atoms with Gasteiger partial charge in [-0.25, -0.2) is 9.78 Å². The third-order valence-electron chi connectivity index (χ3n) is 4.77. The monoisotopic (exact) mass is 375 g/mol. The quantitative estimate of drug-likeness (QED) is 0.592. The smallest absolute Gasteiger partial charge is 0.340 e. The number of esters is 2. The highest BCUT2D eigenvalue weighted by molar-refractivity contribution is 6.07. The summed E-state index contributed by atoms with van der Waals surface area (Å²) in [6, 6.07) is 17.3. The topological polar surface area (TPSA) is 65.5 Å². The Morgan fingerprint density at radius 2 is 1.71 bits per heavy atom. The van der Waals surface area contributed by atoms with Crippen LogP contribution in [-0.2, 0) is 20.9 Å². The summed E-state index contributed by atoms with van der Waals surface area (Å²) in [6.45, 7) is 1.97. The Bertz CT molecular complexity index is 1030. The molecule has 5 nitrogen and oxygen atoms in total. The average molecular weight is 375 g/mol. The first kappa shape index (κ1) is 18.2. The molecule has 0 N–H and O–H groups in total. The number of carbonyl (C=O) groups excluding carboxylic acids is 2. The molecule has 4 rings (SSSR count). The number of hydrogen-bond donors (Lipinski definition) is 0. The standard InChI is InChI=1S/C23H21NO4/c1-2-27-23(26)21-19(14-28-22(25)16-12-13-16)24-18-11-7-6-10-17(18)20(21)15-8-4-3-5-9-15/h3-11,16H,2,12-14H2,1H3. The van der Waals surface area contributed by atoms with Crippen molar-refractivity contribution in [3.05, 3.63) is 65.9 Å². The van der Waals surface area contributed by atoms with Crippen LogP contribution in [0.2, 0.25) is 0 Å². The molecule has 0 radical (unpaired) electrons. The molecule has 0 amide bonds. The molecule has 3 aromatic rings. The van der Waals surface area contributed by atoms with E-state index in [9.17, 15) is 9.59 Å². The molecular formula is C23H21NO4. The van der Waals surface area contributed by atoms with Gasteiger partial charge in [-0.15, -0.1) is 0 Å². The van der Waals surface area contributed by atoms with Gasteiger partial charge in [0.05, 0.1) is 29.3 Å². The summed E-state index contributed by atoms with van der Waals surface area (Å²) < 4.78 is 10.8. The summed E-state index contributed by atoms with van der Waals surface area (Å²) in [5.74, 6) is -0.705. The molecule has 1 heterocycles. The number of benzene rings is 2. The maximum absolute atomic E-state index is 12.9. The van der Waals surface area contributed by atoms with Crippen LogP contribution in [0.25, 0.3) is 22.0 Å². The summed E-state index contributed by atoms with van der Waals surface area (Å²) in [5, 5.41) is 0.856. The molecule has 1 aliphatic carbocycles. The molecule has 28 heavy (non-hydrogen) atoms. The summed E-state index contributed by atoms with van der Waals surface area (Å²) in [6.07, 6.45) is 1.73. The Kier molecular flexibility index (Phi) is 5.06. The van der Waals surface area contributed by atoms with E-state index >= 15 is 0 Å². The Labute approximate surface area is 163 Å². The third-order valence-corrected chi connectivity index (χ3v) is 4.77. The molecule has 1 aliphatic rings. The Balaban J connectivity index is 1.89. The van der Waals surface area contributed by atoms with Gasteiger partial charge in [0.25, 0.3) is 0 Å². The van der Waals surface area contributed by atoms with E-state index in [1.54, 1.807) is 6.92 Å². The normalized spacial score (nSPS) is 13.3. The summed E-state index contributed by atoms with van der Waals surface area (Å²) in [5.41, 5.74) is 3.16. The zero-order valence-electron chi connectivity index (χ0n) is 15.7. The van der Waals surface area contributed by atoms with Gasteiger partial charge in [-0.1, -0.05) is 48.5 Å². The number of ether oxygens (including phenoxy) is 2. The molecular weight excluding hydrogens is 354 g/mol. The van der Waals surface area contributed by atoms with Crippen molar-refractivity contribution in [2.24, 2.45) is 5.92 Å². The van der Waals surface area contributed by atoms with E-state index in [4.69, 9.17) is 9.47 Å². The molecule has 1 saturated carbocycles. The minimum atomic E-state index is -0.461. The van der Waals surface area contributed by atoms with E-state index in [1.807, 2.05) is 54.6 Å². The van der Waals surface area contributed by atoms with Crippen LogP contribution >= 0.6 is 0 Å². The van der Waals surface area contributed by atoms with E-state index in [0.29, 0.717) is 11.3 Å². The zero-order valence-corrected chi connectivity index (χ0v) is 15.7.